The van der Waals surface area contributed by atoms with Crippen LogP contribution in [0.4, 0.5) is 0 Å². The molecule has 0 bridgehead atoms. The summed E-state index contributed by atoms with van der Waals surface area (Å²) in [4.78, 5) is 14.0. The summed E-state index contributed by atoms with van der Waals surface area (Å²) in [7, 11) is -4.94. The Labute approximate surface area is 209 Å². The lowest BCUT2D eigenvalue weighted by Crippen LogP contribution is -2.68. The Hall–Kier alpha value is -3.09. The summed E-state index contributed by atoms with van der Waals surface area (Å²) in [6, 6.07) is 19.6. The molecular weight excluding hydrogens is 512 g/mol. The van der Waals surface area contributed by atoms with Gasteiger partial charge in [0.25, 0.3) is 10.4 Å². The molecular formula is C24H19ClN2O6S2. The highest BCUT2D eigenvalue weighted by Gasteiger charge is 2.18. The fourth-order valence-corrected chi connectivity index (χ4v) is 5.86. The van der Waals surface area contributed by atoms with Gasteiger partial charge in [-0.3, -0.25) is 9.20 Å². The van der Waals surface area contributed by atoms with Crippen molar-refractivity contribution in [3.63, 3.8) is 0 Å². The van der Waals surface area contributed by atoms with E-state index in [0.29, 0.717) is 5.88 Å². The van der Waals surface area contributed by atoms with Gasteiger partial charge in [-0.1, -0.05) is 53.8 Å². The third kappa shape index (κ3) is 5.44. The second kappa shape index (κ2) is 9.88. The first-order chi connectivity index (χ1) is 16.5. The molecule has 0 aliphatic rings. The topological polar surface area (TPSA) is 138 Å². The van der Waals surface area contributed by atoms with Crippen molar-refractivity contribution in [3.8, 4) is 5.88 Å². The summed E-state index contributed by atoms with van der Waals surface area (Å²) in [5, 5.41) is 18.4. The van der Waals surface area contributed by atoms with E-state index < -0.39 is 10.2 Å². The molecule has 2 aromatic carbocycles. The summed E-state index contributed by atoms with van der Waals surface area (Å²) in [6.07, 6.45) is 0. The van der Waals surface area contributed by atoms with Gasteiger partial charge in [0.15, 0.2) is 5.69 Å². The highest BCUT2D eigenvalue weighted by Crippen LogP contribution is 2.25. The van der Waals surface area contributed by atoms with Gasteiger partial charge in [-0.15, -0.1) is 26.0 Å². The number of rotatable bonds is 0. The Bertz CT molecular complexity index is 1710. The van der Waals surface area contributed by atoms with E-state index in [4.69, 9.17) is 18.6 Å². The number of hydrogen-bond acceptors (Lipinski definition) is 8. The van der Waals surface area contributed by atoms with E-state index in [9.17, 15) is 9.90 Å². The van der Waals surface area contributed by atoms with Crippen molar-refractivity contribution in [1.29, 1.82) is 0 Å². The van der Waals surface area contributed by atoms with E-state index in [0.717, 1.165) is 37.2 Å². The van der Waals surface area contributed by atoms with Gasteiger partial charge in [0.1, 0.15) is 4.83 Å². The van der Waals surface area contributed by atoms with Crippen LogP contribution >= 0.6 is 22.7 Å². The number of aromatic nitrogens is 2. The monoisotopic (exact) mass is 530 g/mol. The first-order valence-corrected chi connectivity index (χ1v) is 13.1. The summed E-state index contributed by atoms with van der Waals surface area (Å²) >= 11 is 3.28. The van der Waals surface area contributed by atoms with E-state index in [1.807, 2.05) is 66.1 Å². The van der Waals surface area contributed by atoms with Crippen LogP contribution in [0.25, 0.3) is 31.2 Å². The summed E-state index contributed by atoms with van der Waals surface area (Å²) in [5.74, 6) is 0.308. The number of benzene rings is 2. The zero-order valence-corrected chi connectivity index (χ0v) is 20.9. The number of aryl methyl sites for hydroxylation is 2. The number of hydrogen-bond donors (Lipinski definition) is 1. The van der Waals surface area contributed by atoms with E-state index in [1.54, 1.807) is 33.1 Å². The molecule has 0 fully saturated rings. The van der Waals surface area contributed by atoms with Gasteiger partial charge in [0, 0.05) is 29.5 Å². The molecule has 6 aromatic rings. The normalized spacial score (nSPS) is 11.4. The number of pyridine rings is 2. The van der Waals surface area contributed by atoms with Crippen LogP contribution in [0.3, 0.4) is 0 Å². The summed E-state index contributed by atoms with van der Waals surface area (Å²) in [6.45, 7) is 3.96. The van der Waals surface area contributed by atoms with Crippen LogP contribution in [0.2, 0.25) is 0 Å². The highest BCUT2D eigenvalue weighted by atomic mass is 35.7. The number of nitrogens with zero attached hydrogens (tertiary/aromatic N) is 2. The molecule has 6 rings (SSSR count). The first kappa shape index (κ1) is 25.0. The predicted molar refractivity (Wildman–Crippen MR) is 125 cm³/mol. The van der Waals surface area contributed by atoms with Crippen LogP contribution in [-0.2, 0) is 0 Å². The Kier molecular flexibility index (Phi) is 7.06. The molecule has 0 spiro atoms. The SMILES string of the molecule is Cc1csc2c3ccccc3cc(=O)n12.Cc1csc2c3ccccc3cc(O)[n+]12.[O-][Cl+3]([O-])([O-])[O-]. The van der Waals surface area contributed by atoms with E-state index in [1.165, 1.54) is 5.39 Å². The predicted octanol–water partition coefficient (Wildman–Crippen LogP) is 0.721. The van der Waals surface area contributed by atoms with Crippen LogP contribution < -0.4 is 28.6 Å². The van der Waals surface area contributed by atoms with Gasteiger partial charge in [-0.05, 0) is 23.8 Å². The van der Waals surface area contributed by atoms with E-state index in [-0.39, 0.29) is 5.56 Å². The van der Waals surface area contributed by atoms with Gasteiger partial charge in [0.2, 0.25) is 0 Å². The number of fused-ring (bicyclic) bond motifs is 6. The van der Waals surface area contributed by atoms with Crippen LogP contribution in [0, 0.1) is 24.1 Å². The van der Waals surface area contributed by atoms with Crippen molar-refractivity contribution in [1.82, 2.24) is 4.40 Å². The molecule has 8 nitrogen and oxygen atoms in total. The van der Waals surface area contributed by atoms with Gasteiger partial charge in [0.05, 0.1) is 16.8 Å². The zero-order chi connectivity index (χ0) is 25.3. The second-order valence-corrected chi connectivity index (χ2v) is 10.0. The summed E-state index contributed by atoms with van der Waals surface area (Å²) < 4.78 is 37.6. The van der Waals surface area contributed by atoms with Gasteiger partial charge < -0.3 is 5.11 Å². The molecule has 0 aliphatic heterocycles. The standard InChI is InChI=1S/2C12H9NOS.ClHO4/c2*1-8-7-15-12-10-5-3-2-4-9(10)6-11(14)13(8)12;2-1(3,4)5/h2*2-7H,1H3;(H,2,3,4,5). The molecule has 0 saturated heterocycles. The van der Waals surface area contributed by atoms with E-state index in [2.05, 4.69) is 17.5 Å². The molecule has 0 atom stereocenters. The minimum atomic E-state index is -4.94. The minimum absolute atomic E-state index is 0.0578. The quantitative estimate of drug-likeness (QED) is 0.287. The average Bonchev–Trinajstić information content (AvgIpc) is 3.37. The van der Waals surface area contributed by atoms with Crippen LogP contribution in [0.1, 0.15) is 11.4 Å². The maximum atomic E-state index is 11.8. The first-order valence-electron chi connectivity index (χ1n) is 10.2. The molecule has 180 valence electrons. The van der Waals surface area contributed by atoms with Crippen LogP contribution in [0.15, 0.2) is 76.2 Å². The molecule has 0 radical (unpaired) electrons. The third-order valence-electron chi connectivity index (χ3n) is 5.19. The minimum Gasteiger partial charge on any atom is -0.459 e. The lowest BCUT2D eigenvalue weighted by molar-refractivity contribution is -2.00. The summed E-state index contributed by atoms with van der Waals surface area (Å²) in [5.41, 5.74) is 2.13. The fourth-order valence-electron chi connectivity index (χ4n) is 3.78. The number of halogens is 1. The molecule has 35 heavy (non-hydrogen) atoms. The van der Waals surface area contributed by atoms with Crippen molar-refractivity contribution in [2.24, 2.45) is 0 Å². The Morgan fingerprint density at radius 1 is 0.857 bits per heavy atom. The number of aromatic hydroxyl groups is 1. The Morgan fingerprint density at radius 2 is 1.43 bits per heavy atom. The van der Waals surface area contributed by atoms with Crippen molar-refractivity contribution in [2.45, 2.75) is 13.8 Å². The molecule has 0 aliphatic carbocycles. The largest absolute Gasteiger partial charge is 0.459 e. The average molecular weight is 531 g/mol. The lowest BCUT2D eigenvalue weighted by Gasteiger charge is -2.17. The lowest BCUT2D eigenvalue weighted by atomic mass is 10.2. The highest BCUT2D eigenvalue weighted by molar-refractivity contribution is 7.16. The molecule has 4 aromatic heterocycles. The fraction of sp³-hybridized carbons (Fsp3) is 0.0833. The van der Waals surface area contributed by atoms with Gasteiger partial charge in [-0.25, -0.2) is 18.6 Å². The van der Waals surface area contributed by atoms with Gasteiger partial charge in [-0.2, -0.15) is 0 Å². The number of thiazole rings is 2. The Balaban J connectivity index is 0.000000139. The van der Waals surface area contributed by atoms with Gasteiger partial charge >= 0.3 is 5.88 Å². The molecule has 4 heterocycles. The Morgan fingerprint density at radius 3 is 2.09 bits per heavy atom. The zero-order valence-electron chi connectivity index (χ0n) is 18.5. The maximum absolute atomic E-state index is 11.8. The van der Waals surface area contributed by atoms with Crippen molar-refractivity contribution in [2.75, 3.05) is 0 Å². The van der Waals surface area contributed by atoms with Crippen molar-refractivity contribution >= 4 is 53.9 Å². The molecule has 0 saturated carbocycles. The maximum Gasteiger partial charge on any atom is 0.372 e. The molecule has 11 heteroatoms. The molecule has 1 N–H and O–H groups in total. The van der Waals surface area contributed by atoms with Crippen LogP contribution in [0.5, 0.6) is 5.88 Å². The van der Waals surface area contributed by atoms with E-state index >= 15 is 0 Å². The smallest absolute Gasteiger partial charge is 0.372 e. The second-order valence-electron chi connectivity index (χ2n) is 7.57. The molecule has 0 unspecified atom stereocenters. The molecule has 0 amide bonds. The van der Waals surface area contributed by atoms with Crippen LogP contribution in [-0.4, -0.2) is 9.51 Å². The third-order valence-corrected chi connectivity index (χ3v) is 7.36. The van der Waals surface area contributed by atoms with Crippen molar-refractivity contribution in [3.05, 3.63) is 93.2 Å². The van der Waals surface area contributed by atoms with Crippen molar-refractivity contribution < 1.29 is 38.4 Å².